The number of hydrogen-bond donors (Lipinski definition) is 2. The number of rotatable bonds is 4. The van der Waals surface area contributed by atoms with E-state index in [1.54, 1.807) is 0 Å². The average molecular weight is 223 g/mol. The number of aromatic nitrogens is 1. The van der Waals surface area contributed by atoms with E-state index in [9.17, 15) is 0 Å². The molecule has 2 rings (SSSR count). The van der Waals surface area contributed by atoms with Crippen molar-refractivity contribution in [2.24, 2.45) is 5.92 Å². The zero-order valence-electron chi connectivity index (χ0n) is 10.2. The van der Waals surface area contributed by atoms with Gasteiger partial charge in [0.15, 0.2) is 0 Å². The Morgan fingerprint density at radius 3 is 3.00 bits per heavy atom. The van der Waals surface area contributed by atoms with Crippen molar-refractivity contribution in [1.29, 1.82) is 0 Å². The van der Waals surface area contributed by atoms with Gasteiger partial charge >= 0.3 is 0 Å². The summed E-state index contributed by atoms with van der Waals surface area (Å²) in [4.78, 5) is 0. The molecule has 1 saturated heterocycles. The summed E-state index contributed by atoms with van der Waals surface area (Å²) >= 11 is 0. The molecule has 1 atom stereocenters. The zero-order valence-corrected chi connectivity index (χ0v) is 10.2. The maximum Gasteiger partial charge on any atom is 0.138 e. The van der Waals surface area contributed by atoms with Gasteiger partial charge in [-0.2, -0.15) is 0 Å². The standard InChI is InChI=1S/C12H21N3O/c1-9-12(10(2)16-15-9)8-14-7-11-4-3-5-13-6-11/h11,13-14H,3-8H2,1-2H3. The Balaban J connectivity index is 1.75. The van der Waals surface area contributed by atoms with Crippen LogP contribution in [0.1, 0.15) is 29.9 Å². The van der Waals surface area contributed by atoms with E-state index in [0.29, 0.717) is 0 Å². The van der Waals surface area contributed by atoms with E-state index in [-0.39, 0.29) is 0 Å². The van der Waals surface area contributed by atoms with Gasteiger partial charge in [0.05, 0.1) is 5.69 Å². The highest BCUT2D eigenvalue weighted by Gasteiger charge is 2.13. The van der Waals surface area contributed by atoms with Crippen molar-refractivity contribution in [3.05, 3.63) is 17.0 Å². The monoisotopic (exact) mass is 223 g/mol. The van der Waals surface area contributed by atoms with Gasteiger partial charge in [-0.25, -0.2) is 0 Å². The minimum atomic E-state index is 0.772. The molecule has 16 heavy (non-hydrogen) atoms. The number of hydrogen-bond acceptors (Lipinski definition) is 4. The predicted octanol–water partition coefficient (Wildman–Crippen LogP) is 1.38. The molecule has 0 amide bonds. The lowest BCUT2D eigenvalue weighted by atomic mass is 10.00. The summed E-state index contributed by atoms with van der Waals surface area (Å²) in [6.07, 6.45) is 2.64. The summed E-state index contributed by atoms with van der Waals surface area (Å²) in [6.45, 7) is 8.25. The number of piperidine rings is 1. The molecule has 4 heteroatoms. The van der Waals surface area contributed by atoms with Crippen molar-refractivity contribution in [3.8, 4) is 0 Å². The van der Waals surface area contributed by atoms with Gasteiger partial charge < -0.3 is 15.2 Å². The summed E-state index contributed by atoms with van der Waals surface area (Å²) in [7, 11) is 0. The molecule has 1 aromatic rings. The van der Waals surface area contributed by atoms with Crippen LogP contribution < -0.4 is 10.6 Å². The SMILES string of the molecule is Cc1noc(C)c1CNCC1CCCNC1. The molecule has 0 saturated carbocycles. The number of aryl methyl sites for hydroxylation is 2. The minimum Gasteiger partial charge on any atom is -0.361 e. The molecular formula is C12H21N3O. The Bertz CT molecular complexity index is 310. The molecule has 0 spiro atoms. The van der Waals surface area contributed by atoms with Crippen molar-refractivity contribution in [2.75, 3.05) is 19.6 Å². The van der Waals surface area contributed by atoms with Crippen LogP contribution in [0.15, 0.2) is 4.52 Å². The second-order valence-corrected chi connectivity index (χ2v) is 4.65. The molecule has 1 unspecified atom stereocenters. The van der Waals surface area contributed by atoms with Crippen molar-refractivity contribution in [1.82, 2.24) is 15.8 Å². The van der Waals surface area contributed by atoms with Crippen molar-refractivity contribution in [3.63, 3.8) is 0 Å². The molecule has 0 aromatic carbocycles. The third-order valence-electron chi connectivity index (χ3n) is 3.31. The second-order valence-electron chi connectivity index (χ2n) is 4.65. The summed E-state index contributed by atoms with van der Waals surface area (Å²) in [5, 5.41) is 10.9. The van der Waals surface area contributed by atoms with Crippen molar-refractivity contribution in [2.45, 2.75) is 33.2 Å². The topological polar surface area (TPSA) is 50.1 Å². The van der Waals surface area contributed by atoms with Crippen molar-refractivity contribution >= 4 is 0 Å². The van der Waals surface area contributed by atoms with Gasteiger partial charge in [-0.15, -0.1) is 0 Å². The van der Waals surface area contributed by atoms with Gasteiger partial charge in [0, 0.05) is 12.1 Å². The quantitative estimate of drug-likeness (QED) is 0.809. The lowest BCUT2D eigenvalue weighted by Crippen LogP contribution is -2.35. The summed E-state index contributed by atoms with van der Waals surface area (Å²) in [5.74, 6) is 1.71. The number of nitrogens with zero attached hydrogens (tertiary/aromatic N) is 1. The van der Waals surface area contributed by atoms with Crippen LogP contribution in [-0.4, -0.2) is 24.8 Å². The summed E-state index contributed by atoms with van der Waals surface area (Å²) in [6, 6.07) is 0. The first kappa shape index (κ1) is 11.6. The molecular weight excluding hydrogens is 202 g/mol. The van der Waals surface area contributed by atoms with Crippen LogP contribution in [0.5, 0.6) is 0 Å². The fraction of sp³-hybridized carbons (Fsp3) is 0.750. The largest absolute Gasteiger partial charge is 0.361 e. The van der Waals surface area contributed by atoms with Crippen LogP contribution in [0.2, 0.25) is 0 Å². The first-order chi connectivity index (χ1) is 7.77. The van der Waals surface area contributed by atoms with Gasteiger partial charge in [0.25, 0.3) is 0 Å². The Morgan fingerprint density at radius 2 is 2.38 bits per heavy atom. The molecule has 1 aromatic heterocycles. The molecule has 1 aliphatic heterocycles. The van der Waals surface area contributed by atoms with E-state index >= 15 is 0 Å². The fourth-order valence-electron chi connectivity index (χ4n) is 2.25. The Labute approximate surface area is 96.8 Å². The third kappa shape index (κ3) is 2.83. The maximum atomic E-state index is 5.14. The Hall–Kier alpha value is -0.870. The van der Waals surface area contributed by atoms with E-state index in [1.807, 2.05) is 13.8 Å². The molecule has 0 bridgehead atoms. The second kappa shape index (κ2) is 5.46. The van der Waals surface area contributed by atoms with Crippen LogP contribution in [-0.2, 0) is 6.54 Å². The van der Waals surface area contributed by atoms with Gasteiger partial charge in [-0.1, -0.05) is 5.16 Å². The third-order valence-corrected chi connectivity index (χ3v) is 3.31. The van der Waals surface area contributed by atoms with Crippen molar-refractivity contribution < 1.29 is 4.52 Å². The molecule has 2 N–H and O–H groups in total. The lowest BCUT2D eigenvalue weighted by Gasteiger charge is -2.22. The van der Waals surface area contributed by atoms with E-state index < -0.39 is 0 Å². The van der Waals surface area contributed by atoms with Gasteiger partial charge in [0.1, 0.15) is 5.76 Å². The normalized spacial score (nSPS) is 21.2. The molecule has 1 aliphatic rings. The predicted molar refractivity (Wildman–Crippen MR) is 63.3 cm³/mol. The molecule has 1 fully saturated rings. The van der Waals surface area contributed by atoms with Gasteiger partial charge in [-0.3, -0.25) is 0 Å². The minimum absolute atomic E-state index is 0.772. The highest BCUT2D eigenvalue weighted by Crippen LogP contribution is 2.12. The average Bonchev–Trinajstić information content (AvgIpc) is 2.62. The van der Waals surface area contributed by atoms with Gasteiger partial charge in [-0.05, 0) is 52.2 Å². The van der Waals surface area contributed by atoms with Crippen LogP contribution in [0.3, 0.4) is 0 Å². The molecule has 0 aliphatic carbocycles. The molecule has 0 radical (unpaired) electrons. The van der Waals surface area contributed by atoms with Crippen LogP contribution in [0.4, 0.5) is 0 Å². The zero-order chi connectivity index (χ0) is 11.4. The van der Waals surface area contributed by atoms with E-state index in [1.165, 1.54) is 24.9 Å². The van der Waals surface area contributed by atoms with E-state index in [0.717, 1.165) is 37.0 Å². The van der Waals surface area contributed by atoms with Gasteiger partial charge in [0.2, 0.25) is 0 Å². The number of nitrogens with one attached hydrogen (secondary N) is 2. The first-order valence-electron chi connectivity index (χ1n) is 6.10. The lowest BCUT2D eigenvalue weighted by molar-refractivity contribution is 0.359. The van der Waals surface area contributed by atoms with Crippen LogP contribution in [0.25, 0.3) is 0 Å². The fourth-order valence-corrected chi connectivity index (χ4v) is 2.25. The van der Waals surface area contributed by atoms with E-state index in [4.69, 9.17) is 4.52 Å². The summed E-state index contributed by atoms with van der Waals surface area (Å²) in [5.41, 5.74) is 2.22. The van der Waals surface area contributed by atoms with E-state index in [2.05, 4.69) is 15.8 Å². The maximum absolute atomic E-state index is 5.14. The molecule has 90 valence electrons. The first-order valence-corrected chi connectivity index (χ1v) is 6.10. The van der Waals surface area contributed by atoms with Crippen LogP contribution in [0, 0.1) is 19.8 Å². The Morgan fingerprint density at radius 1 is 1.50 bits per heavy atom. The Kier molecular flexibility index (Phi) is 3.96. The summed E-state index contributed by atoms with van der Waals surface area (Å²) < 4.78 is 5.14. The highest BCUT2D eigenvalue weighted by atomic mass is 16.5. The molecule has 4 nitrogen and oxygen atoms in total. The smallest absolute Gasteiger partial charge is 0.138 e. The highest BCUT2D eigenvalue weighted by molar-refractivity contribution is 5.20. The molecule has 2 heterocycles. The van der Waals surface area contributed by atoms with Crippen LogP contribution >= 0.6 is 0 Å².